The zero-order valence-corrected chi connectivity index (χ0v) is 11.0. The predicted molar refractivity (Wildman–Crippen MR) is 68.8 cm³/mol. The molecule has 0 amide bonds. The van der Waals surface area contributed by atoms with Gasteiger partial charge in [-0.2, -0.15) is 0 Å². The molecular formula is C11H13Cl2NOS. The maximum Gasteiger partial charge on any atom is 0.0760 e. The van der Waals surface area contributed by atoms with E-state index >= 15 is 0 Å². The summed E-state index contributed by atoms with van der Waals surface area (Å²) in [5.41, 5.74) is 0. The van der Waals surface area contributed by atoms with E-state index in [4.69, 9.17) is 23.2 Å². The van der Waals surface area contributed by atoms with Gasteiger partial charge in [0.1, 0.15) is 0 Å². The maximum atomic E-state index is 12.0. The lowest BCUT2D eigenvalue weighted by atomic mass is 10.4. The third-order valence-corrected chi connectivity index (χ3v) is 4.77. The van der Waals surface area contributed by atoms with E-state index < -0.39 is 10.8 Å². The van der Waals surface area contributed by atoms with Crippen LogP contribution in [0.3, 0.4) is 0 Å². The van der Waals surface area contributed by atoms with Crippen molar-refractivity contribution in [3.05, 3.63) is 28.2 Å². The van der Waals surface area contributed by atoms with Crippen LogP contribution in [0.2, 0.25) is 10.0 Å². The lowest BCUT2D eigenvalue weighted by Gasteiger charge is -2.07. The quantitative estimate of drug-likeness (QED) is 0.897. The van der Waals surface area contributed by atoms with Crippen LogP contribution in [0, 0.1) is 0 Å². The first-order valence-electron chi connectivity index (χ1n) is 5.24. The van der Waals surface area contributed by atoms with Crippen LogP contribution in [0.4, 0.5) is 0 Å². The Morgan fingerprint density at radius 1 is 1.31 bits per heavy atom. The van der Waals surface area contributed by atoms with E-state index in [1.807, 2.05) is 0 Å². The van der Waals surface area contributed by atoms with Gasteiger partial charge in [0.15, 0.2) is 0 Å². The largest absolute Gasteiger partial charge is 0.313 e. The lowest BCUT2D eigenvalue weighted by Crippen LogP contribution is -2.22. The molecule has 0 heterocycles. The van der Waals surface area contributed by atoms with E-state index in [1.54, 1.807) is 18.2 Å². The Labute approximate surface area is 108 Å². The van der Waals surface area contributed by atoms with Gasteiger partial charge >= 0.3 is 0 Å². The number of nitrogens with one attached hydrogen (secondary N) is 1. The first-order chi connectivity index (χ1) is 7.68. The molecular weight excluding hydrogens is 265 g/mol. The molecule has 2 nitrogen and oxygen atoms in total. The molecule has 88 valence electrons. The summed E-state index contributed by atoms with van der Waals surface area (Å²) in [6.45, 7) is 0.749. The van der Waals surface area contributed by atoms with Gasteiger partial charge < -0.3 is 5.32 Å². The molecule has 1 aromatic rings. The zero-order valence-electron chi connectivity index (χ0n) is 8.71. The fourth-order valence-corrected chi connectivity index (χ4v) is 3.44. The molecule has 1 saturated carbocycles. The molecule has 0 aliphatic heterocycles. The van der Waals surface area contributed by atoms with Crippen LogP contribution in [0.1, 0.15) is 12.8 Å². The molecule has 5 heteroatoms. The summed E-state index contributed by atoms with van der Waals surface area (Å²) >= 11 is 12.0. The minimum absolute atomic E-state index is 0.484. The second kappa shape index (κ2) is 5.50. The van der Waals surface area contributed by atoms with Crippen LogP contribution in [0.5, 0.6) is 0 Å². The highest BCUT2D eigenvalue weighted by molar-refractivity contribution is 7.85. The zero-order chi connectivity index (χ0) is 11.5. The second-order valence-electron chi connectivity index (χ2n) is 3.83. The van der Waals surface area contributed by atoms with Gasteiger partial charge in [-0.25, -0.2) is 0 Å². The van der Waals surface area contributed by atoms with Crippen molar-refractivity contribution in [2.24, 2.45) is 0 Å². The monoisotopic (exact) mass is 277 g/mol. The molecule has 2 rings (SSSR count). The summed E-state index contributed by atoms with van der Waals surface area (Å²) in [5.74, 6) is 0.556. The van der Waals surface area contributed by atoms with Crippen molar-refractivity contribution in [1.82, 2.24) is 5.32 Å². The smallest absolute Gasteiger partial charge is 0.0760 e. The Kier molecular flexibility index (Phi) is 4.25. The van der Waals surface area contributed by atoms with E-state index in [0.717, 1.165) is 6.54 Å². The third-order valence-electron chi connectivity index (χ3n) is 2.44. The second-order valence-corrected chi connectivity index (χ2v) is 6.15. The minimum Gasteiger partial charge on any atom is -0.313 e. The molecule has 1 aromatic carbocycles. The number of rotatable bonds is 5. The van der Waals surface area contributed by atoms with Gasteiger partial charge in [0, 0.05) is 18.3 Å². The van der Waals surface area contributed by atoms with Crippen molar-refractivity contribution in [3.63, 3.8) is 0 Å². The van der Waals surface area contributed by atoms with Crippen LogP contribution in [0.25, 0.3) is 0 Å². The molecule has 0 bridgehead atoms. The van der Waals surface area contributed by atoms with E-state index in [0.29, 0.717) is 26.7 Å². The molecule has 1 aliphatic carbocycles. The van der Waals surface area contributed by atoms with Crippen LogP contribution in [-0.2, 0) is 10.8 Å². The first kappa shape index (κ1) is 12.4. The average molecular weight is 278 g/mol. The molecule has 0 saturated heterocycles. The molecule has 0 aromatic heterocycles. The average Bonchev–Trinajstić information content (AvgIpc) is 3.01. The summed E-state index contributed by atoms with van der Waals surface area (Å²) in [7, 11) is -1.12. The predicted octanol–water partition coefficient (Wildman–Crippen LogP) is 2.85. The Bertz CT molecular complexity index is 387. The summed E-state index contributed by atoms with van der Waals surface area (Å²) in [6, 6.07) is 5.83. The lowest BCUT2D eigenvalue weighted by molar-refractivity contribution is 0.672. The normalized spacial score (nSPS) is 17.4. The fourth-order valence-electron chi connectivity index (χ4n) is 1.45. The molecule has 0 radical (unpaired) electrons. The van der Waals surface area contributed by atoms with Crippen LogP contribution in [0.15, 0.2) is 23.1 Å². The van der Waals surface area contributed by atoms with Gasteiger partial charge in [-0.3, -0.25) is 4.21 Å². The molecule has 16 heavy (non-hydrogen) atoms. The Balaban J connectivity index is 1.96. The van der Waals surface area contributed by atoms with Gasteiger partial charge in [-0.05, 0) is 25.0 Å². The van der Waals surface area contributed by atoms with Gasteiger partial charge in [0.2, 0.25) is 0 Å². The van der Waals surface area contributed by atoms with Crippen LogP contribution >= 0.6 is 23.2 Å². The van der Waals surface area contributed by atoms with Crippen molar-refractivity contribution < 1.29 is 4.21 Å². The molecule has 1 unspecified atom stereocenters. The molecule has 1 atom stereocenters. The van der Waals surface area contributed by atoms with Crippen molar-refractivity contribution in [1.29, 1.82) is 0 Å². The van der Waals surface area contributed by atoms with E-state index in [2.05, 4.69) is 5.32 Å². The Morgan fingerprint density at radius 3 is 2.50 bits per heavy atom. The van der Waals surface area contributed by atoms with Crippen molar-refractivity contribution in [2.75, 3.05) is 12.3 Å². The topological polar surface area (TPSA) is 29.1 Å². The van der Waals surface area contributed by atoms with Gasteiger partial charge in [0.25, 0.3) is 0 Å². The third kappa shape index (κ3) is 3.20. The first-order valence-corrected chi connectivity index (χ1v) is 7.32. The van der Waals surface area contributed by atoms with Crippen molar-refractivity contribution in [3.8, 4) is 0 Å². The van der Waals surface area contributed by atoms with Crippen molar-refractivity contribution in [2.45, 2.75) is 23.8 Å². The Hall–Kier alpha value is -0.0900. The fraction of sp³-hybridized carbons (Fsp3) is 0.455. The summed E-state index contributed by atoms with van der Waals surface area (Å²) in [4.78, 5) is 0.559. The number of halogens is 2. The van der Waals surface area contributed by atoms with Crippen LogP contribution in [-0.4, -0.2) is 22.5 Å². The SMILES string of the molecule is O=S(CCNC1CC1)c1c(Cl)cccc1Cl. The van der Waals surface area contributed by atoms with Crippen molar-refractivity contribution >= 4 is 34.0 Å². The number of hydrogen-bond acceptors (Lipinski definition) is 2. The molecule has 1 aliphatic rings. The Morgan fingerprint density at radius 2 is 1.94 bits per heavy atom. The molecule has 1 fully saturated rings. The number of hydrogen-bond donors (Lipinski definition) is 1. The summed E-state index contributed by atoms with van der Waals surface area (Å²) in [6.07, 6.45) is 2.47. The van der Waals surface area contributed by atoms with E-state index in [9.17, 15) is 4.21 Å². The summed E-state index contributed by atoms with van der Waals surface area (Å²) < 4.78 is 12.0. The highest BCUT2D eigenvalue weighted by Crippen LogP contribution is 2.27. The highest BCUT2D eigenvalue weighted by Gasteiger charge is 2.20. The van der Waals surface area contributed by atoms with Gasteiger partial charge in [0.05, 0.1) is 25.7 Å². The number of benzene rings is 1. The maximum absolute atomic E-state index is 12.0. The molecule has 1 N–H and O–H groups in total. The van der Waals surface area contributed by atoms with Crippen LogP contribution < -0.4 is 5.32 Å². The van der Waals surface area contributed by atoms with Gasteiger partial charge in [-0.1, -0.05) is 29.3 Å². The molecule has 0 spiro atoms. The minimum atomic E-state index is -1.12. The highest BCUT2D eigenvalue weighted by atomic mass is 35.5. The standard InChI is InChI=1S/C11H13Cl2NOS/c12-9-2-1-3-10(13)11(9)16(15)7-6-14-8-4-5-8/h1-3,8,14H,4-7H2. The summed E-state index contributed by atoms with van der Waals surface area (Å²) in [5, 5.41) is 4.28. The van der Waals surface area contributed by atoms with E-state index in [-0.39, 0.29) is 0 Å². The van der Waals surface area contributed by atoms with E-state index in [1.165, 1.54) is 12.8 Å². The van der Waals surface area contributed by atoms with Gasteiger partial charge in [-0.15, -0.1) is 0 Å².